The number of hydrogen-bond acceptors (Lipinski definition) is 6. The minimum atomic E-state index is -0.478. The molecule has 1 aliphatic rings. The highest BCUT2D eigenvalue weighted by atomic mass is 35.5. The molecule has 0 aliphatic carbocycles. The van der Waals surface area contributed by atoms with E-state index in [0.29, 0.717) is 41.9 Å². The number of amides is 1. The van der Waals surface area contributed by atoms with Crippen molar-refractivity contribution >= 4 is 29.0 Å². The summed E-state index contributed by atoms with van der Waals surface area (Å²) in [5.41, 5.74) is 0.913. The van der Waals surface area contributed by atoms with E-state index in [4.69, 9.17) is 31.3 Å². The Bertz CT molecular complexity index is 954. The molecule has 0 spiro atoms. The van der Waals surface area contributed by atoms with E-state index in [0.717, 1.165) is 28.4 Å². The molecule has 0 bridgehead atoms. The third-order valence-electron chi connectivity index (χ3n) is 4.84. The number of carbonyl (C=O) groups is 1. The van der Waals surface area contributed by atoms with Gasteiger partial charge in [-0.25, -0.2) is 9.78 Å². The van der Waals surface area contributed by atoms with Gasteiger partial charge in [0.15, 0.2) is 0 Å². The number of halogens is 1. The van der Waals surface area contributed by atoms with Crippen LogP contribution in [0.1, 0.15) is 60.7 Å². The van der Waals surface area contributed by atoms with Gasteiger partial charge in [-0.15, -0.1) is 11.3 Å². The third kappa shape index (κ3) is 5.65. The van der Waals surface area contributed by atoms with E-state index < -0.39 is 5.60 Å². The van der Waals surface area contributed by atoms with Crippen LogP contribution in [0.3, 0.4) is 0 Å². The average Bonchev–Trinajstić information content (AvgIpc) is 3.06. The standard InChI is InChI=1S/C22H26ClN3O3S/c1-14-19(13-28-17-6-5-16(12-24)18(23)11-17)30-20(25-14)15-7-9-26(10-8-15)21(27)29-22(2,3)4/h5-6,11,15H,7-10,13H2,1-4H3. The molecule has 1 aliphatic heterocycles. The predicted molar refractivity (Wildman–Crippen MR) is 117 cm³/mol. The predicted octanol–water partition coefficient (Wildman–Crippen LogP) is 5.67. The number of likely N-dealkylation sites (tertiary alicyclic amines) is 1. The Balaban J connectivity index is 1.57. The van der Waals surface area contributed by atoms with Gasteiger partial charge in [-0.1, -0.05) is 11.6 Å². The molecular weight excluding hydrogens is 422 g/mol. The summed E-state index contributed by atoms with van der Waals surface area (Å²) < 4.78 is 11.3. The summed E-state index contributed by atoms with van der Waals surface area (Å²) in [4.78, 5) is 19.8. The van der Waals surface area contributed by atoms with Crippen molar-refractivity contribution in [2.75, 3.05) is 13.1 Å². The molecule has 1 saturated heterocycles. The van der Waals surface area contributed by atoms with Crippen LogP contribution in [0.4, 0.5) is 4.79 Å². The van der Waals surface area contributed by atoms with Gasteiger partial charge in [-0.05, 0) is 52.7 Å². The molecule has 1 aromatic heterocycles. The SMILES string of the molecule is Cc1nc(C2CCN(C(=O)OC(C)(C)C)CC2)sc1COc1ccc(C#N)c(Cl)c1. The molecule has 0 atom stereocenters. The lowest BCUT2D eigenvalue weighted by molar-refractivity contribution is 0.0205. The Kier molecular flexibility index (Phi) is 6.89. The van der Waals surface area contributed by atoms with Crippen LogP contribution in [0.25, 0.3) is 0 Å². The van der Waals surface area contributed by atoms with E-state index in [1.807, 2.05) is 33.8 Å². The summed E-state index contributed by atoms with van der Waals surface area (Å²) in [5.74, 6) is 0.963. The Morgan fingerprint density at radius 2 is 2.07 bits per heavy atom. The van der Waals surface area contributed by atoms with Crippen molar-refractivity contribution in [1.29, 1.82) is 5.26 Å². The quantitative estimate of drug-likeness (QED) is 0.603. The van der Waals surface area contributed by atoms with E-state index >= 15 is 0 Å². The van der Waals surface area contributed by atoms with Crippen LogP contribution >= 0.6 is 22.9 Å². The fourth-order valence-corrected chi connectivity index (χ4v) is 4.58. The molecule has 0 unspecified atom stereocenters. The van der Waals surface area contributed by atoms with Crippen molar-refractivity contribution in [2.45, 2.75) is 58.7 Å². The molecular formula is C22H26ClN3O3S. The second-order valence-electron chi connectivity index (χ2n) is 8.34. The number of benzene rings is 1. The molecule has 6 nitrogen and oxygen atoms in total. The monoisotopic (exact) mass is 447 g/mol. The second-order valence-corrected chi connectivity index (χ2v) is 9.87. The van der Waals surface area contributed by atoms with Gasteiger partial charge >= 0.3 is 6.09 Å². The van der Waals surface area contributed by atoms with E-state index in [1.54, 1.807) is 34.4 Å². The number of nitriles is 1. The first-order valence-electron chi connectivity index (χ1n) is 9.93. The topological polar surface area (TPSA) is 75.5 Å². The minimum absolute atomic E-state index is 0.244. The van der Waals surface area contributed by atoms with Gasteiger partial charge in [-0.3, -0.25) is 0 Å². The van der Waals surface area contributed by atoms with Gasteiger partial charge in [0, 0.05) is 25.1 Å². The second kappa shape index (κ2) is 9.23. The number of carbonyl (C=O) groups excluding carboxylic acids is 1. The van der Waals surface area contributed by atoms with Gasteiger partial charge in [0.25, 0.3) is 0 Å². The number of aryl methyl sites for hydroxylation is 1. The van der Waals surface area contributed by atoms with Crippen LogP contribution in [-0.2, 0) is 11.3 Å². The number of aromatic nitrogens is 1. The zero-order chi connectivity index (χ0) is 21.9. The van der Waals surface area contributed by atoms with Crippen molar-refractivity contribution in [3.05, 3.63) is 44.4 Å². The maximum atomic E-state index is 12.2. The Morgan fingerprint density at radius 1 is 1.37 bits per heavy atom. The zero-order valence-electron chi connectivity index (χ0n) is 17.7. The molecule has 8 heteroatoms. The van der Waals surface area contributed by atoms with Crippen LogP contribution in [0.2, 0.25) is 5.02 Å². The van der Waals surface area contributed by atoms with E-state index in [1.165, 1.54) is 0 Å². The van der Waals surface area contributed by atoms with E-state index in [9.17, 15) is 4.79 Å². The smallest absolute Gasteiger partial charge is 0.410 e. The molecule has 0 radical (unpaired) electrons. The van der Waals surface area contributed by atoms with Crippen LogP contribution in [0, 0.1) is 18.3 Å². The molecule has 2 aromatic rings. The first-order chi connectivity index (χ1) is 14.2. The molecule has 30 heavy (non-hydrogen) atoms. The summed E-state index contributed by atoms with van der Waals surface area (Å²) in [5, 5.41) is 10.4. The first kappa shape index (κ1) is 22.4. The first-order valence-corrected chi connectivity index (χ1v) is 11.1. The highest BCUT2D eigenvalue weighted by Gasteiger charge is 2.29. The van der Waals surface area contributed by atoms with Gasteiger partial charge in [0.05, 0.1) is 26.2 Å². The summed E-state index contributed by atoms with van der Waals surface area (Å²) in [6.07, 6.45) is 1.50. The summed E-state index contributed by atoms with van der Waals surface area (Å²) in [6.45, 7) is 9.38. The molecule has 2 heterocycles. The molecule has 0 N–H and O–H groups in total. The molecule has 1 aromatic carbocycles. The number of nitrogens with zero attached hydrogens (tertiary/aromatic N) is 3. The van der Waals surface area contributed by atoms with Crippen LogP contribution in [0.5, 0.6) is 5.75 Å². The average molecular weight is 448 g/mol. The van der Waals surface area contributed by atoms with E-state index in [-0.39, 0.29) is 6.09 Å². The number of thiazole rings is 1. The van der Waals surface area contributed by atoms with Crippen molar-refractivity contribution in [3.63, 3.8) is 0 Å². The Hall–Kier alpha value is -2.30. The van der Waals surface area contributed by atoms with Gasteiger partial charge in [-0.2, -0.15) is 5.26 Å². The van der Waals surface area contributed by atoms with Gasteiger partial charge in [0.2, 0.25) is 0 Å². The zero-order valence-corrected chi connectivity index (χ0v) is 19.3. The maximum Gasteiger partial charge on any atom is 0.410 e. The highest BCUT2D eigenvalue weighted by molar-refractivity contribution is 7.11. The summed E-state index contributed by atoms with van der Waals surface area (Å²) in [6, 6.07) is 7.09. The number of rotatable bonds is 4. The molecule has 3 rings (SSSR count). The molecule has 160 valence electrons. The largest absolute Gasteiger partial charge is 0.488 e. The third-order valence-corrected chi connectivity index (χ3v) is 6.44. The van der Waals surface area contributed by atoms with Crippen molar-refractivity contribution in [3.8, 4) is 11.8 Å². The molecule has 1 fully saturated rings. The van der Waals surface area contributed by atoms with Crippen LogP contribution in [0.15, 0.2) is 18.2 Å². The lowest BCUT2D eigenvalue weighted by Crippen LogP contribution is -2.41. The normalized spacial score (nSPS) is 15.0. The van der Waals surface area contributed by atoms with Gasteiger partial charge < -0.3 is 14.4 Å². The Morgan fingerprint density at radius 3 is 2.67 bits per heavy atom. The molecule has 1 amide bonds. The van der Waals surface area contributed by atoms with E-state index in [2.05, 4.69) is 0 Å². The number of ether oxygens (including phenoxy) is 2. The summed E-state index contributed by atoms with van der Waals surface area (Å²) in [7, 11) is 0. The number of piperidine rings is 1. The van der Waals surface area contributed by atoms with Crippen molar-refractivity contribution < 1.29 is 14.3 Å². The fourth-order valence-electron chi connectivity index (χ4n) is 3.22. The molecule has 0 saturated carbocycles. The maximum absolute atomic E-state index is 12.2. The lowest BCUT2D eigenvalue weighted by Gasteiger charge is -2.32. The number of hydrogen-bond donors (Lipinski definition) is 0. The fraction of sp³-hybridized carbons (Fsp3) is 0.500. The van der Waals surface area contributed by atoms with Gasteiger partial charge in [0.1, 0.15) is 24.0 Å². The van der Waals surface area contributed by atoms with Crippen molar-refractivity contribution in [2.24, 2.45) is 0 Å². The van der Waals surface area contributed by atoms with Crippen molar-refractivity contribution in [1.82, 2.24) is 9.88 Å². The summed E-state index contributed by atoms with van der Waals surface area (Å²) >= 11 is 7.73. The Labute approximate surface area is 186 Å². The highest BCUT2D eigenvalue weighted by Crippen LogP contribution is 2.33. The minimum Gasteiger partial charge on any atom is -0.488 e. The van der Waals surface area contributed by atoms with Crippen LogP contribution < -0.4 is 4.74 Å². The van der Waals surface area contributed by atoms with Crippen LogP contribution in [-0.4, -0.2) is 34.7 Å². The lowest BCUT2D eigenvalue weighted by atomic mass is 9.98.